The maximum absolute atomic E-state index is 12.9. The molecule has 3 aromatic rings. The van der Waals surface area contributed by atoms with E-state index < -0.39 is 11.7 Å². The van der Waals surface area contributed by atoms with Gasteiger partial charge in [0.2, 0.25) is 0 Å². The molecule has 0 bridgehead atoms. The van der Waals surface area contributed by atoms with Gasteiger partial charge in [-0.2, -0.15) is 18.3 Å². The Morgan fingerprint density at radius 3 is 2.69 bits per heavy atom. The molecule has 0 radical (unpaired) electrons. The van der Waals surface area contributed by atoms with E-state index in [4.69, 9.17) is 9.47 Å². The molecule has 0 aliphatic rings. The van der Waals surface area contributed by atoms with Gasteiger partial charge in [-0.25, -0.2) is 5.43 Å². The van der Waals surface area contributed by atoms with Gasteiger partial charge in [-0.05, 0) is 54.4 Å². The summed E-state index contributed by atoms with van der Waals surface area (Å²) in [5.41, 5.74) is 3.52. The molecule has 0 atom stereocenters. The largest absolute Gasteiger partial charge is 0.496 e. The summed E-state index contributed by atoms with van der Waals surface area (Å²) in [6.07, 6.45) is -2.12. The van der Waals surface area contributed by atoms with Crippen molar-refractivity contribution in [3.8, 4) is 11.5 Å². The number of hydrogen-bond acceptors (Lipinski definition) is 5. The lowest BCUT2D eigenvalue weighted by Gasteiger charge is -2.13. The number of ether oxygens (including phenoxy) is 2. The maximum Gasteiger partial charge on any atom is 0.416 e. The van der Waals surface area contributed by atoms with E-state index in [1.54, 1.807) is 23.6 Å². The molecule has 32 heavy (non-hydrogen) atoms. The number of thiophene rings is 1. The van der Waals surface area contributed by atoms with E-state index in [1.165, 1.54) is 36.8 Å². The van der Waals surface area contributed by atoms with Gasteiger partial charge in [0, 0.05) is 15.8 Å². The van der Waals surface area contributed by atoms with Crippen LogP contribution in [0.25, 0.3) is 0 Å². The number of carbonyl (C=O) groups is 1. The van der Waals surface area contributed by atoms with Gasteiger partial charge in [0.15, 0.2) is 0 Å². The van der Waals surface area contributed by atoms with Crippen molar-refractivity contribution in [1.82, 2.24) is 5.43 Å². The van der Waals surface area contributed by atoms with Crippen LogP contribution in [0.1, 0.15) is 38.8 Å². The van der Waals surface area contributed by atoms with Crippen LogP contribution < -0.4 is 14.9 Å². The molecule has 2 aromatic carbocycles. The van der Waals surface area contributed by atoms with Gasteiger partial charge in [-0.3, -0.25) is 4.79 Å². The van der Waals surface area contributed by atoms with Crippen LogP contribution in [0.2, 0.25) is 0 Å². The average molecular weight is 462 g/mol. The number of halogens is 3. The fraction of sp³-hybridized carbons (Fsp3) is 0.217. The summed E-state index contributed by atoms with van der Waals surface area (Å²) in [7, 11) is 1.49. The number of rotatable bonds is 8. The summed E-state index contributed by atoms with van der Waals surface area (Å²) >= 11 is 1.52. The molecule has 0 aliphatic carbocycles. The van der Waals surface area contributed by atoms with Gasteiger partial charge in [-0.15, -0.1) is 11.3 Å². The summed E-state index contributed by atoms with van der Waals surface area (Å²) in [6.45, 7) is 2.01. The van der Waals surface area contributed by atoms with Crippen molar-refractivity contribution in [2.24, 2.45) is 5.10 Å². The quantitative estimate of drug-likeness (QED) is 0.346. The van der Waals surface area contributed by atoms with Crippen LogP contribution in [-0.2, 0) is 19.2 Å². The SMILES string of the molecule is CCc1cc(C(=O)N/N=C/c2ccc(OC)c(COc3cccc(C(F)(F)F)c3)c2)cs1. The average Bonchev–Trinajstić information content (AvgIpc) is 3.27. The van der Waals surface area contributed by atoms with Crippen molar-refractivity contribution < 1.29 is 27.4 Å². The standard InChI is InChI=1S/C23H21F3N2O3S/c1-3-20-10-17(14-32-20)22(29)28-27-12-15-7-8-21(30-2)16(9-15)13-31-19-6-4-5-18(11-19)23(24,25)26/h4-12,14H,3,13H2,1-2H3,(H,28,29)/b27-12+. The molecule has 1 heterocycles. The van der Waals surface area contributed by atoms with Gasteiger partial charge in [-0.1, -0.05) is 13.0 Å². The second kappa shape index (κ2) is 10.3. The molecule has 168 valence electrons. The molecular weight excluding hydrogens is 441 g/mol. The Balaban J connectivity index is 1.67. The lowest BCUT2D eigenvalue weighted by atomic mass is 10.1. The molecule has 0 aliphatic heterocycles. The van der Waals surface area contributed by atoms with Gasteiger partial charge in [0.1, 0.15) is 18.1 Å². The lowest BCUT2D eigenvalue weighted by molar-refractivity contribution is -0.137. The summed E-state index contributed by atoms with van der Waals surface area (Å²) < 4.78 is 49.5. The van der Waals surface area contributed by atoms with Crippen molar-refractivity contribution >= 4 is 23.5 Å². The molecular formula is C23H21F3N2O3S. The molecule has 0 unspecified atom stereocenters. The summed E-state index contributed by atoms with van der Waals surface area (Å²) in [5, 5.41) is 5.76. The van der Waals surface area contributed by atoms with Crippen molar-refractivity contribution in [2.75, 3.05) is 7.11 Å². The number of nitrogens with one attached hydrogen (secondary N) is 1. The second-order valence-electron chi connectivity index (χ2n) is 6.74. The predicted octanol–water partition coefficient (Wildman–Crippen LogP) is 5.68. The zero-order valence-electron chi connectivity index (χ0n) is 17.4. The molecule has 0 spiro atoms. The highest BCUT2D eigenvalue weighted by Crippen LogP contribution is 2.31. The first kappa shape index (κ1) is 23.3. The Kier molecular flexibility index (Phi) is 7.53. The topological polar surface area (TPSA) is 59.9 Å². The molecule has 3 rings (SSSR count). The Labute approximate surface area is 187 Å². The number of hydrazone groups is 1. The Hall–Kier alpha value is -3.33. The van der Waals surface area contributed by atoms with E-state index >= 15 is 0 Å². The molecule has 1 aromatic heterocycles. The lowest BCUT2D eigenvalue weighted by Crippen LogP contribution is -2.16. The third-order valence-electron chi connectivity index (χ3n) is 4.50. The fourth-order valence-corrected chi connectivity index (χ4v) is 3.65. The zero-order valence-corrected chi connectivity index (χ0v) is 18.2. The Bertz CT molecular complexity index is 1110. The Morgan fingerprint density at radius 2 is 2.00 bits per heavy atom. The number of carbonyl (C=O) groups excluding carboxylic acids is 1. The van der Waals surface area contributed by atoms with Crippen LogP contribution in [0.15, 0.2) is 59.0 Å². The van der Waals surface area contributed by atoms with Crippen molar-refractivity contribution in [1.29, 1.82) is 0 Å². The third kappa shape index (κ3) is 6.10. The molecule has 1 N–H and O–H groups in total. The van der Waals surface area contributed by atoms with E-state index in [0.717, 1.165) is 23.4 Å². The van der Waals surface area contributed by atoms with E-state index in [-0.39, 0.29) is 18.3 Å². The predicted molar refractivity (Wildman–Crippen MR) is 118 cm³/mol. The van der Waals surface area contributed by atoms with Crippen LogP contribution in [0.4, 0.5) is 13.2 Å². The summed E-state index contributed by atoms with van der Waals surface area (Å²) in [4.78, 5) is 13.3. The molecule has 9 heteroatoms. The monoisotopic (exact) mass is 462 g/mol. The van der Waals surface area contributed by atoms with Crippen LogP contribution in [0.3, 0.4) is 0 Å². The van der Waals surface area contributed by atoms with Gasteiger partial charge >= 0.3 is 6.18 Å². The molecule has 1 amide bonds. The maximum atomic E-state index is 12.9. The second-order valence-corrected chi connectivity index (χ2v) is 7.74. The van der Waals surface area contributed by atoms with Crippen LogP contribution in [0.5, 0.6) is 11.5 Å². The van der Waals surface area contributed by atoms with Crippen molar-refractivity contribution in [2.45, 2.75) is 26.1 Å². The third-order valence-corrected chi connectivity index (χ3v) is 5.59. The van der Waals surface area contributed by atoms with E-state index in [1.807, 2.05) is 13.0 Å². The first-order valence-corrected chi connectivity index (χ1v) is 10.6. The highest BCUT2D eigenvalue weighted by Gasteiger charge is 2.30. The highest BCUT2D eigenvalue weighted by atomic mass is 32.1. The first-order valence-electron chi connectivity index (χ1n) is 9.68. The number of nitrogens with zero attached hydrogens (tertiary/aromatic N) is 1. The van der Waals surface area contributed by atoms with E-state index in [9.17, 15) is 18.0 Å². The molecule has 5 nitrogen and oxygen atoms in total. The molecule has 0 saturated carbocycles. The number of hydrogen-bond donors (Lipinski definition) is 1. The minimum atomic E-state index is -4.45. The fourth-order valence-electron chi connectivity index (χ4n) is 2.83. The van der Waals surface area contributed by atoms with Crippen molar-refractivity contribution in [3.63, 3.8) is 0 Å². The van der Waals surface area contributed by atoms with Crippen LogP contribution >= 0.6 is 11.3 Å². The highest BCUT2D eigenvalue weighted by molar-refractivity contribution is 7.10. The molecule has 0 saturated heterocycles. The van der Waals surface area contributed by atoms with Crippen LogP contribution in [0, 0.1) is 0 Å². The van der Waals surface area contributed by atoms with E-state index in [2.05, 4.69) is 10.5 Å². The number of methoxy groups -OCH3 is 1. The summed E-state index contributed by atoms with van der Waals surface area (Å²) in [5.74, 6) is 0.303. The van der Waals surface area contributed by atoms with Gasteiger partial charge in [0.25, 0.3) is 5.91 Å². The zero-order chi connectivity index (χ0) is 23.1. The minimum Gasteiger partial charge on any atom is -0.496 e. The van der Waals surface area contributed by atoms with Gasteiger partial charge in [0.05, 0.1) is 24.5 Å². The summed E-state index contributed by atoms with van der Waals surface area (Å²) in [6, 6.07) is 11.7. The minimum absolute atomic E-state index is 0.00672. The smallest absolute Gasteiger partial charge is 0.416 e. The first-order chi connectivity index (χ1) is 15.3. The van der Waals surface area contributed by atoms with Crippen molar-refractivity contribution in [3.05, 3.63) is 81.0 Å². The Morgan fingerprint density at radius 1 is 1.19 bits per heavy atom. The number of benzene rings is 2. The van der Waals surface area contributed by atoms with Crippen LogP contribution in [-0.4, -0.2) is 19.2 Å². The van der Waals surface area contributed by atoms with E-state index in [0.29, 0.717) is 22.4 Å². The number of aryl methyl sites for hydroxylation is 1. The van der Waals surface area contributed by atoms with Gasteiger partial charge < -0.3 is 9.47 Å². The molecule has 0 fully saturated rings. The number of amides is 1. The normalized spacial score (nSPS) is 11.5. The number of alkyl halides is 3.